The van der Waals surface area contributed by atoms with Crippen LogP contribution in [-0.2, 0) is 17.9 Å². The van der Waals surface area contributed by atoms with E-state index in [-0.39, 0.29) is 18.0 Å². The number of carbonyl (C=O) groups excluding carboxylic acids is 1. The maximum Gasteiger partial charge on any atom is 0.262 e. The third-order valence-corrected chi connectivity index (χ3v) is 6.13. The number of thiophene rings is 1. The molecule has 1 amide bonds. The Kier molecular flexibility index (Phi) is 5.27. The molecule has 2 aromatic carbocycles. The lowest BCUT2D eigenvalue weighted by atomic mass is 10.2. The summed E-state index contributed by atoms with van der Waals surface area (Å²) < 4.78 is 1.41. The molecule has 6 heteroatoms. The molecule has 0 bridgehead atoms. The molecule has 2 heterocycles. The summed E-state index contributed by atoms with van der Waals surface area (Å²) in [6, 6.07) is 19.3. The summed E-state index contributed by atoms with van der Waals surface area (Å²) in [5.74, 6) is -0.159. The molecule has 0 N–H and O–H groups in total. The van der Waals surface area contributed by atoms with Crippen LogP contribution >= 0.6 is 11.3 Å². The molecule has 0 fully saturated rings. The number of para-hydroxylation sites is 1. The van der Waals surface area contributed by atoms with E-state index in [1.807, 2.05) is 74.5 Å². The highest BCUT2D eigenvalue weighted by molar-refractivity contribution is 7.18. The van der Waals surface area contributed by atoms with Crippen LogP contribution in [0.15, 0.2) is 71.8 Å². The van der Waals surface area contributed by atoms with Crippen molar-refractivity contribution in [1.82, 2.24) is 9.55 Å². The summed E-state index contributed by atoms with van der Waals surface area (Å²) in [5, 5.41) is 0.608. The maximum absolute atomic E-state index is 13.2. The van der Waals surface area contributed by atoms with Crippen LogP contribution in [0.25, 0.3) is 10.2 Å². The number of amides is 1. The molecule has 29 heavy (non-hydrogen) atoms. The van der Waals surface area contributed by atoms with Crippen LogP contribution in [0.1, 0.15) is 16.0 Å². The number of nitrogens with zero attached hydrogens (tertiary/aromatic N) is 3. The summed E-state index contributed by atoms with van der Waals surface area (Å²) in [6.45, 7) is 4.28. The highest BCUT2D eigenvalue weighted by Crippen LogP contribution is 2.25. The van der Waals surface area contributed by atoms with Gasteiger partial charge in [0.15, 0.2) is 0 Å². The number of rotatable bonds is 5. The van der Waals surface area contributed by atoms with Crippen LogP contribution in [0, 0.1) is 13.8 Å². The Bertz CT molecular complexity index is 1210. The molecule has 0 aliphatic rings. The number of benzene rings is 2. The van der Waals surface area contributed by atoms with Gasteiger partial charge in [0, 0.05) is 10.6 Å². The number of anilines is 1. The normalized spacial score (nSPS) is 11.0. The van der Waals surface area contributed by atoms with Gasteiger partial charge in [0.25, 0.3) is 5.56 Å². The van der Waals surface area contributed by atoms with E-state index < -0.39 is 0 Å². The third-order valence-electron chi connectivity index (χ3n) is 5.01. The van der Waals surface area contributed by atoms with Crippen LogP contribution in [0.3, 0.4) is 0 Å². The van der Waals surface area contributed by atoms with Crippen molar-refractivity contribution >= 4 is 33.1 Å². The monoisotopic (exact) mass is 403 g/mol. The Labute approximate surface area is 172 Å². The van der Waals surface area contributed by atoms with E-state index in [9.17, 15) is 9.59 Å². The number of aryl methyl sites for hydroxylation is 2. The summed E-state index contributed by atoms with van der Waals surface area (Å²) in [7, 11) is 0. The Balaban J connectivity index is 1.68. The molecule has 2 aromatic heterocycles. The molecule has 146 valence electrons. The van der Waals surface area contributed by atoms with Gasteiger partial charge < -0.3 is 4.90 Å². The fourth-order valence-electron chi connectivity index (χ4n) is 3.31. The first-order valence-electron chi connectivity index (χ1n) is 9.39. The molecule has 0 aliphatic heterocycles. The molecular weight excluding hydrogens is 382 g/mol. The molecule has 0 unspecified atom stereocenters. The zero-order valence-corrected chi connectivity index (χ0v) is 17.1. The van der Waals surface area contributed by atoms with E-state index in [0.29, 0.717) is 11.9 Å². The fourth-order valence-corrected chi connectivity index (χ4v) is 4.30. The number of carbonyl (C=O) groups is 1. The maximum atomic E-state index is 13.2. The van der Waals surface area contributed by atoms with Crippen molar-refractivity contribution in [3.8, 4) is 0 Å². The second-order valence-corrected chi connectivity index (χ2v) is 8.15. The summed E-state index contributed by atoms with van der Waals surface area (Å²) in [4.78, 5) is 34.1. The van der Waals surface area contributed by atoms with Crippen molar-refractivity contribution in [2.75, 3.05) is 4.90 Å². The highest BCUT2D eigenvalue weighted by atomic mass is 32.1. The molecule has 0 atom stereocenters. The van der Waals surface area contributed by atoms with Gasteiger partial charge in [-0.25, -0.2) is 4.98 Å². The first-order chi connectivity index (χ1) is 14.0. The number of hydrogen-bond acceptors (Lipinski definition) is 4. The van der Waals surface area contributed by atoms with Gasteiger partial charge >= 0.3 is 0 Å². The predicted octanol–water partition coefficient (Wildman–Crippen LogP) is 4.31. The van der Waals surface area contributed by atoms with E-state index in [1.165, 1.54) is 22.2 Å². The van der Waals surface area contributed by atoms with Crippen molar-refractivity contribution in [1.29, 1.82) is 0 Å². The molecule has 0 saturated heterocycles. The van der Waals surface area contributed by atoms with Crippen molar-refractivity contribution in [3.63, 3.8) is 0 Å². The smallest absolute Gasteiger partial charge is 0.262 e. The van der Waals surface area contributed by atoms with Crippen molar-refractivity contribution < 1.29 is 4.79 Å². The molecule has 4 rings (SSSR count). The van der Waals surface area contributed by atoms with Crippen LogP contribution in [0.2, 0.25) is 0 Å². The van der Waals surface area contributed by atoms with Crippen molar-refractivity contribution in [3.05, 3.63) is 93.3 Å². The van der Waals surface area contributed by atoms with Gasteiger partial charge in [0.1, 0.15) is 11.4 Å². The van der Waals surface area contributed by atoms with Crippen LogP contribution in [0.5, 0.6) is 0 Å². The van der Waals surface area contributed by atoms with Crippen molar-refractivity contribution in [2.45, 2.75) is 26.9 Å². The van der Waals surface area contributed by atoms with Gasteiger partial charge in [-0.3, -0.25) is 14.2 Å². The topological polar surface area (TPSA) is 55.2 Å². The Morgan fingerprint density at radius 1 is 1.03 bits per heavy atom. The minimum Gasteiger partial charge on any atom is -0.306 e. The first kappa shape index (κ1) is 19.1. The van der Waals surface area contributed by atoms with Crippen molar-refractivity contribution in [2.24, 2.45) is 0 Å². The van der Waals surface area contributed by atoms with Gasteiger partial charge in [0.2, 0.25) is 5.91 Å². The molecule has 0 saturated carbocycles. The second-order valence-electron chi connectivity index (χ2n) is 6.94. The van der Waals surface area contributed by atoms with E-state index in [2.05, 4.69) is 4.98 Å². The second kappa shape index (κ2) is 8.01. The van der Waals surface area contributed by atoms with E-state index in [4.69, 9.17) is 0 Å². The van der Waals surface area contributed by atoms with Crippen LogP contribution in [-0.4, -0.2) is 15.5 Å². The highest BCUT2D eigenvalue weighted by Gasteiger charge is 2.19. The van der Waals surface area contributed by atoms with E-state index in [1.54, 1.807) is 4.90 Å². The summed E-state index contributed by atoms with van der Waals surface area (Å²) in [6.07, 6.45) is 1.48. The molecule has 0 radical (unpaired) electrons. The van der Waals surface area contributed by atoms with E-state index >= 15 is 0 Å². The Morgan fingerprint density at radius 3 is 2.38 bits per heavy atom. The largest absolute Gasteiger partial charge is 0.306 e. The van der Waals surface area contributed by atoms with Gasteiger partial charge in [-0.2, -0.15) is 0 Å². The minimum atomic E-state index is -0.169. The van der Waals surface area contributed by atoms with Crippen LogP contribution < -0.4 is 10.5 Å². The quantitative estimate of drug-likeness (QED) is 0.499. The summed E-state index contributed by atoms with van der Waals surface area (Å²) in [5.41, 5.74) is 2.59. The SMILES string of the molecule is Cc1sc2ncn(CC(=O)N(Cc3ccccc3)c3ccccc3)c(=O)c2c1C. The zero-order chi connectivity index (χ0) is 20.4. The first-order valence-corrected chi connectivity index (χ1v) is 10.2. The lowest BCUT2D eigenvalue weighted by molar-refractivity contribution is -0.119. The summed E-state index contributed by atoms with van der Waals surface area (Å²) >= 11 is 1.51. The Morgan fingerprint density at radius 2 is 1.69 bits per heavy atom. The average molecular weight is 404 g/mol. The molecule has 0 aliphatic carbocycles. The van der Waals surface area contributed by atoms with E-state index in [0.717, 1.165) is 26.5 Å². The molecular formula is C23H21N3O2S. The zero-order valence-electron chi connectivity index (χ0n) is 16.3. The van der Waals surface area contributed by atoms with Gasteiger partial charge in [-0.15, -0.1) is 11.3 Å². The van der Waals surface area contributed by atoms with Gasteiger partial charge in [-0.05, 0) is 37.1 Å². The lowest BCUT2D eigenvalue weighted by Crippen LogP contribution is -2.36. The van der Waals surface area contributed by atoms with Crippen LogP contribution in [0.4, 0.5) is 5.69 Å². The molecule has 0 spiro atoms. The standard InChI is InChI=1S/C23H21N3O2S/c1-16-17(2)29-22-21(16)23(28)25(15-24-22)14-20(27)26(19-11-7-4-8-12-19)13-18-9-5-3-6-10-18/h3-12,15H,13-14H2,1-2H3. The minimum absolute atomic E-state index is 0.0577. The fraction of sp³-hybridized carbons (Fsp3) is 0.174. The Hall–Kier alpha value is -3.25. The van der Waals surface area contributed by atoms with Gasteiger partial charge in [-0.1, -0.05) is 48.5 Å². The third kappa shape index (κ3) is 3.84. The van der Waals surface area contributed by atoms with Gasteiger partial charge in [0.05, 0.1) is 18.3 Å². The molecule has 4 aromatic rings. The molecule has 5 nitrogen and oxygen atoms in total. The number of fused-ring (bicyclic) bond motifs is 1. The number of hydrogen-bond donors (Lipinski definition) is 0. The average Bonchev–Trinajstić information content (AvgIpc) is 3.04. The lowest BCUT2D eigenvalue weighted by Gasteiger charge is -2.23. The number of aromatic nitrogens is 2. The predicted molar refractivity (Wildman–Crippen MR) is 117 cm³/mol.